The van der Waals surface area contributed by atoms with Crippen LogP contribution in [0.25, 0.3) is 11.3 Å². The van der Waals surface area contributed by atoms with E-state index in [2.05, 4.69) is 10.2 Å². The summed E-state index contributed by atoms with van der Waals surface area (Å²) >= 11 is 18.0. The predicted octanol–water partition coefficient (Wildman–Crippen LogP) is 4.17. The normalized spacial score (nSPS) is 10.1. The zero-order valence-corrected chi connectivity index (χ0v) is 11.3. The van der Waals surface area contributed by atoms with Crippen LogP contribution in [0.4, 0.5) is 0 Å². The van der Waals surface area contributed by atoms with Crippen LogP contribution in [0.3, 0.4) is 0 Å². The summed E-state index contributed by atoms with van der Waals surface area (Å²) in [6, 6.07) is 8.85. The summed E-state index contributed by atoms with van der Waals surface area (Å²) in [5.74, 6) is 0. The maximum Gasteiger partial charge on any atom is 0.155 e. The lowest BCUT2D eigenvalue weighted by Gasteiger charge is -2.07. The van der Waals surface area contributed by atoms with Crippen LogP contribution in [-0.4, -0.2) is 10.2 Å². The lowest BCUT2D eigenvalue weighted by molar-refractivity contribution is 1.01. The standard InChI is InChI=1S/C12H6Cl3N3/c13-8-2-1-3-9(14)11(8)10-6-7(4-5-16)12(15)18-17-10/h1-3,6H,4H2. The van der Waals surface area contributed by atoms with Gasteiger partial charge in [-0.25, -0.2) is 0 Å². The second-order valence-electron chi connectivity index (χ2n) is 3.48. The van der Waals surface area contributed by atoms with E-state index in [0.717, 1.165) is 0 Å². The summed E-state index contributed by atoms with van der Waals surface area (Å²) < 4.78 is 0. The SMILES string of the molecule is N#CCc1cc(-c2c(Cl)cccc2Cl)nnc1Cl. The fourth-order valence-electron chi connectivity index (χ4n) is 1.49. The second kappa shape index (κ2) is 5.53. The number of benzene rings is 1. The molecule has 0 aliphatic rings. The van der Waals surface area contributed by atoms with Crippen molar-refractivity contribution < 1.29 is 0 Å². The molecule has 2 rings (SSSR count). The highest BCUT2D eigenvalue weighted by Crippen LogP contribution is 2.34. The Morgan fingerprint density at radius 1 is 1.11 bits per heavy atom. The molecule has 18 heavy (non-hydrogen) atoms. The quantitative estimate of drug-likeness (QED) is 0.836. The van der Waals surface area contributed by atoms with Crippen molar-refractivity contribution in [2.45, 2.75) is 6.42 Å². The lowest BCUT2D eigenvalue weighted by atomic mass is 10.1. The monoisotopic (exact) mass is 297 g/mol. The zero-order chi connectivity index (χ0) is 13.1. The highest BCUT2D eigenvalue weighted by molar-refractivity contribution is 6.39. The number of nitriles is 1. The molecule has 2 aromatic rings. The van der Waals surface area contributed by atoms with E-state index in [1.54, 1.807) is 24.3 Å². The van der Waals surface area contributed by atoms with Crippen molar-refractivity contribution in [3.63, 3.8) is 0 Å². The molecule has 0 bridgehead atoms. The van der Waals surface area contributed by atoms with Gasteiger partial charge >= 0.3 is 0 Å². The maximum atomic E-state index is 8.71. The van der Waals surface area contributed by atoms with Crippen LogP contribution < -0.4 is 0 Å². The van der Waals surface area contributed by atoms with Gasteiger partial charge in [-0.1, -0.05) is 40.9 Å². The van der Waals surface area contributed by atoms with Gasteiger partial charge in [0.1, 0.15) is 0 Å². The Kier molecular flexibility index (Phi) is 4.03. The van der Waals surface area contributed by atoms with Gasteiger partial charge in [0.05, 0.1) is 28.2 Å². The molecule has 1 heterocycles. The van der Waals surface area contributed by atoms with Crippen LogP contribution >= 0.6 is 34.8 Å². The number of hydrogen-bond donors (Lipinski definition) is 0. The van der Waals surface area contributed by atoms with Gasteiger partial charge < -0.3 is 0 Å². The Morgan fingerprint density at radius 2 is 1.78 bits per heavy atom. The van der Waals surface area contributed by atoms with Crippen LogP contribution in [0, 0.1) is 11.3 Å². The Bertz CT molecular complexity index is 615. The molecule has 0 saturated heterocycles. The minimum atomic E-state index is 0.156. The van der Waals surface area contributed by atoms with Gasteiger partial charge in [0.2, 0.25) is 0 Å². The molecule has 3 nitrogen and oxygen atoms in total. The number of aromatic nitrogens is 2. The molecule has 0 atom stereocenters. The molecule has 0 fully saturated rings. The number of hydrogen-bond acceptors (Lipinski definition) is 3. The molecule has 0 aliphatic heterocycles. The van der Waals surface area contributed by atoms with Crippen LogP contribution in [0.15, 0.2) is 24.3 Å². The topological polar surface area (TPSA) is 49.6 Å². The lowest BCUT2D eigenvalue weighted by Crippen LogP contribution is -1.95. The molecule has 0 unspecified atom stereocenters. The van der Waals surface area contributed by atoms with Crippen molar-refractivity contribution in [2.24, 2.45) is 0 Å². The molecule has 1 aromatic heterocycles. The summed E-state index contributed by atoms with van der Waals surface area (Å²) in [5.41, 5.74) is 1.68. The van der Waals surface area contributed by atoms with Gasteiger partial charge in [-0.15, -0.1) is 10.2 Å². The molecule has 0 saturated carbocycles. The van der Waals surface area contributed by atoms with Gasteiger partial charge in [-0.3, -0.25) is 0 Å². The van der Waals surface area contributed by atoms with Crippen molar-refractivity contribution in [1.29, 1.82) is 5.26 Å². The van der Waals surface area contributed by atoms with E-state index in [9.17, 15) is 0 Å². The minimum Gasteiger partial charge on any atom is -0.198 e. The average molecular weight is 299 g/mol. The molecule has 0 N–H and O–H groups in total. The highest BCUT2D eigenvalue weighted by atomic mass is 35.5. The maximum absolute atomic E-state index is 8.71. The first-order chi connectivity index (χ1) is 8.63. The van der Waals surface area contributed by atoms with Crippen LogP contribution in [0.1, 0.15) is 5.56 Å². The zero-order valence-electron chi connectivity index (χ0n) is 8.99. The van der Waals surface area contributed by atoms with Crippen molar-refractivity contribution in [2.75, 3.05) is 0 Å². The summed E-state index contributed by atoms with van der Waals surface area (Å²) in [5, 5.41) is 17.6. The average Bonchev–Trinajstić information content (AvgIpc) is 2.33. The van der Waals surface area contributed by atoms with Crippen LogP contribution in [0.5, 0.6) is 0 Å². The summed E-state index contributed by atoms with van der Waals surface area (Å²) in [7, 11) is 0. The number of rotatable bonds is 2. The van der Waals surface area contributed by atoms with Gasteiger partial charge in [0, 0.05) is 11.1 Å². The fourth-order valence-corrected chi connectivity index (χ4v) is 2.24. The summed E-state index contributed by atoms with van der Waals surface area (Å²) in [6.45, 7) is 0. The molecule has 0 amide bonds. The van der Waals surface area contributed by atoms with Crippen molar-refractivity contribution >= 4 is 34.8 Å². The van der Waals surface area contributed by atoms with E-state index in [0.29, 0.717) is 26.9 Å². The Balaban J connectivity index is 2.59. The Hall–Kier alpha value is -1.34. The largest absolute Gasteiger partial charge is 0.198 e. The minimum absolute atomic E-state index is 0.156. The second-order valence-corrected chi connectivity index (χ2v) is 4.65. The number of halogens is 3. The van der Waals surface area contributed by atoms with Gasteiger partial charge in [0.25, 0.3) is 0 Å². The Morgan fingerprint density at radius 3 is 2.39 bits per heavy atom. The Labute approximate surface area is 119 Å². The van der Waals surface area contributed by atoms with Crippen LogP contribution in [-0.2, 0) is 6.42 Å². The molecule has 6 heteroatoms. The molecule has 1 aromatic carbocycles. The first-order valence-electron chi connectivity index (χ1n) is 4.97. The van der Waals surface area contributed by atoms with E-state index < -0.39 is 0 Å². The third-order valence-corrected chi connectivity index (χ3v) is 3.26. The fraction of sp³-hybridized carbons (Fsp3) is 0.0833. The van der Waals surface area contributed by atoms with Crippen LogP contribution in [0.2, 0.25) is 15.2 Å². The smallest absolute Gasteiger partial charge is 0.155 e. The third kappa shape index (κ3) is 2.56. The molecule has 0 radical (unpaired) electrons. The van der Waals surface area contributed by atoms with Crippen molar-refractivity contribution in [3.05, 3.63) is 45.0 Å². The first-order valence-corrected chi connectivity index (χ1v) is 6.10. The van der Waals surface area contributed by atoms with Crippen molar-refractivity contribution in [1.82, 2.24) is 10.2 Å². The molecule has 0 aliphatic carbocycles. The molecular formula is C12H6Cl3N3. The molecule has 0 spiro atoms. The summed E-state index contributed by atoms with van der Waals surface area (Å²) in [4.78, 5) is 0. The highest BCUT2D eigenvalue weighted by Gasteiger charge is 2.12. The van der Waals surface area contributed by atoms with E-state index in [4.69, 9.17) is 40.1 Å². The van der Waals surface area contributed by atoms with E-state index in [1.807, 2.05) is 6.07 Å². The van der Waals surface area contributed by atoms with E-state index in [-0.39, 0.29) is 11.6 Å². The third-order valence-electron chi connectivity index (χ3n) is 2.31. The van der Waals surface area contributed by atoms with Gasteiger partial charge in [-0.05, 0) is 18.2 Å². The molecule has 90 valence electrons. The number of nitrogens with zero attached hydrogens (tertiary/aromatic N) is 3. The summed E-state index contributed by atoms with van der Waals surface area (Å²) in [6.07, 6.45) is 0.156. The first kappa shape index (κ1) is 13.1. The predicted molar refractivity (Wildman–Crippen MR) is 71.8 cm³/mol. The van der Waals surface area contributed by atoms with E-state index >= 15 is 0 Å². The molecular weight excluding hydrogens is 293 g/mol. The van der Waals surface area contributed by atoms with E-state index in [1.165, 1.54) is 0 Å². The van der Waals surface area contributed by atoms with Gasteiger partial charge in [0.15, 0.2) is 5.15 Å². The van der Waals surface area contributed by atoms with Gasteiger partial charge in [-0.2, -0.15) is 5.26 Å². The van der Waals surface area contributed by atoms with Crippen molar-refractivity contribution in [3.8, 4) is 17.3 Å².